The smallest absolute Gasteiger partial charge is 0.297 e. The molecule has 3 aromatic rings. The number of fused-ring (bicyclic) bond motifs is 1. The van der Waals surface area contributed by atoms with Gasteiger partial charge in [-0.15, -0.1) is 0 Å². The molecule has 4 rings (SSSR count). The standard InChI is InChI=1S/C21H23F2N5O/c1-12-4-3-5-16(13(12)2)25-20-18-17(26-21(27-20)19(22)23)8-14(9-24-18)10-28-7-6-15(29)11-28/h3-5,8-9,15,19,29H,6-7,10-11H2,1-2H3,(H,25,26,27)/t15-/m1/s1. The van der Waals surface area contributed by atoms with Crippen molar-refractivity contribution in [3.05, 3.63) is 53.0 Å². The van der Waals surface area contributed by atoms with E-state index in [-0.39, 0.29) is 11.9 Å². The second kappa shape index (κ2) is 7.96. The first-order valence-electron chi connectivity index (χ1n) is 9.59. The van der Waals surface area contributed by atoms with Crippen LogP contribution in [-0.4, -0.2) is 44.2 Å². The molecule has 1 aliphatic rings. The monoisotopic (exact) mass is 399 g/mol. The number of aliphatic hydroxyl groups is 1. The van der Waals surface area contributed by atoms with E-state index in [0.717, 1.165) is 35.3 Å². The van der Waals surface area contributed by atoms with Gasteiger partial charge in [0.15, 0.2) is 11.6 Å². The summed E-state index contributed by atoms with van der Waals surface area (Å²) < 4.78 is 26.8. The molecule has 6 nitrogen and oxygen atoms in total. The van der Waals surface area contributed by atoms with Gasteiger partial charge in [0.05, 0.1) is 11.6 Å². The van der Waals surface area contributed by atoms with Gasteiger partial charge in [-0.25, -0.2) is 18.7 Å². The summed E-state index contributed by atoms with van der Waals surface area (Å²) in [5.74, 6) is -0.261. The molecule has 0 aliphatic carbocycles. The average molecular weight is 399 g/mol. The Morgan fingerprint density at radius 2 is 2.10 bits per heavy atom. The maximum Gasteiger partial charge on any atom is 0.297 e. The predicted octanol–water partition coefficient (Wildman–Crippen LogP) is 3.89. The number of hydrogen-bond acceptors (Lipinski definition) is 6. The minimum Gasteiger partial charge on any atom is -0.392 e. The molecule has 0 bridgehead atoms. The molecule has 2 aromatic heterocycles. The van der Waals surface area contributed by atoms with Crippen molar-refractivity contribution in [3.63, 3.8) is 0 Å². The zero-order chi connectivity index (χ0) is 20.5. The van der Waals surface area contributed by atoms with Gasteiger partial charge in [0.25, 0.3) is 6.43 Å². The van der Waals surface area contributed by atoms with Crippen molar-refractivity contribution in [1.82, 2.24) is 19.9 Å². The Balaban J connectivity index is 1.72. The number of rotatable bonds is 5. The van der Waals surface area contributed by atoms with Gasteiger partial charge in [0.2, 0.25) is 0 Å². The number of pyridine rings is 1. The second-order valence-electron chi connectivity index (χ2n) is 7.49. The van der Waals surface area contributed by atoms with E-state index in [2.05, 4.69) is 25.2 Å². The van der Waals surface area contributed by atoms with Crippen molar-refractivity contribution in [2.24, 2.45) is 0 Å². The van der Waals surface area contributed by atoms with E-state index in [1.807, 2.05) is 32.0 Å². The SMILES string of the molecule is Cc1cccc(Nc2nc(C(F)F)nc3cc(CN4CC[C@@H](O)C4)cnc23)c1C. The summed E-state index contributed by atoms with van der Waals surface area (Å²) in [5, 5.41) is 12.9. The molecule has 0 amide bonds. The largest absolute Gasteiger partial charge is 0.392 e. The Kier molecular flexibility index (Phi) is 5.38. The highest BCUT2D eigenvalue weighted by Crippen LogP contribution is 2.28. The van der Waals surface area contributed by atoms with Crippen molar-refractivity contribution < 1.29 is 13.9 Å². The number of halogens is 2. The minimum absolute atomic E-state index is 0.266. The molecule has 29 heavy (non-hydrogen) atoms. The third-order valence-corrected chi connectivity index (χ3v) is 5.32. The predicted molar refractivity (Wildman–Crippen MR) is 107 cm³/mol. The summed E-state index contributed by atoms with van der Waals surface area (Å²) >= 11 is 0. The van der Waals surface area contributed by atoms with Gasteiger partial charge in [0, 0.05) is 31.5 Å². The highest BCUT2D eigenvalue weighted by atomic mass is 19.3. The molecule has 1 aliphatic heterocycles. The maximum atomic E-state index is 13.4. The molecular formula is C21H23F2N5O. The molecule has 1 atom stereocenters. The first kappa shape index (κ1) is 19.6. The van der Waals surface area contributed by atoms with Crippen LogP contribution in [0.1, 0.15) is 35.4 Å². The Bertz CT molecular complexity index is 1040. The van der Waals surface area contributed by atoms with Gasteiger partial charge in [-0.05, 0) is 49.1 Å². The molecule has 3 heterocycles. The van der Waals surface area contributed by atoms with Gasteiger partial charge in [-0.1, -0.05) is 12.1 Å². The summed E-state index contributed by atoms with van der Waals surface area (Å²) in [6.07, 6.45) is -0.643. The summed E-state index contributed by atoms with van der Waals surface area (Å²) in [6.45, 7) is 5.94. The number of aryl methyl sites for hydroxylation is 1. The summed E-state index contributed by atoms with van der Waals surface area (Å²) in [5.41, 5.74) is 4.58. The second-order valence-corrected chi connectivity index (χ2v) is 7.49. The van der Waals surface area contributed by atoms with Crippen LogP contribution in [0.15, 0.2) is 30.5 Å². The molecule has 1 aromatic carbocycles. The van der Waals surface area contributed by atoms with Crippen LogP contribution in [0.25, 0.3) is 11.0 Å². The van der Waals surface area contributed by atoms with E-state index in [9.17, 15) is 13.9 Å². The summed E-state index contributed by atoms with van der Waals surface area (Å²) in [4.78, 5) is 14.6. The lowest BCUT2D eigenvalue weighted by Gasteiger charge is -2.16. The fraction of sp³-hybridized carbons (Fsp3) is 0.381. The third kappa shape index (κ3) is 4.18. The zero-order valence-corrected chi connectivity index (χ0v) is 16.4. The lowest BCUT2D eigenvalue weighted by molar-refractivity contribution is 0.141. The van der Waals surface area contributed by atoms with Crippen LogP contribution in [0.5, 0.6) is 0 Å². The molecule has 0 radical (unpaired) electrons. The van der Waals surface area contributed by atoms with Crippen LogP contribution in [0, 0.1) is 13.8 Å². The number of nitrogens with one attached hydrogen (secondary N) is 1. The quantitative estimate of drug-likeness (QED) is 0.678. The van der Waals surface area contributed by atoms with Crippen LogP contribution >= 0.6 is 0 Å². The molecule has 0 unspecified atom stereocenters. The van der Waals surface area contributed by atoms with Gasteiger partial charge < -0.3 is 10.4 Å². The third-order valence-electron chi connectivity index (χ3n) is 5.32. The average Bonchev–Trinajstić information content (AvgIpc) is 3.09. The Hall–Kier alpha value is -2.71. The van der Waals surface area contributed by atoms with Gasteiger partial charge in [0.1, 0.15) is 5.52 Å². The van der Waals surface area contributed by atoms with Crippen molar-refractivity contribution in [3.8, 4) is 0 Å². The van der Waals surface area contributed by atoms with Crippen molar-refractivity contribution in [2.75, 3.05) is 18.4 Å². The number of β-amino-alcohol motifs (C(OH)–C–C–N with tert-alkyl or cyclic N) is 1. The lowest BCUT2D eigenvalue weighted by Crippen LogP contribution is -2.21. The molecule has 0 spiro atoms. The fourth-order valence-corrected chi connectivity index (χ4v) is 3.58. The lowest BCUT2D eigenvalue weighted by atomic mass is 10.1. The van der Waals surface area contributed by atoms with Crippen molar-refractivity contribution in [1.29, 1.82) is 0 Å². The Morgan fingerprint density at radius 3 is 2.83 bits per heavy atom. The van der Waals surface area contributed by atoms with Gasteiger partial charge >= 0.3 is 0 Å². The van der Waals surface area contributed by atoms with E-state index in [4.69, 9.17) is 0 Å². The maximum absolute atomic E-state index is 13.4. The highest BCUT2D eigenvalue weighted by Gasteiger charge is 2.21. The number of anilines is 2. The number of hydrogen-bond donors (Lipinski definition) is 2. The van der Waals surface area contributed by atoms with E-state index >= 15 is 0 Å². The molecule has 0 saturated carbocycles. The number of likely N-dealkylation sites (tertiary alicyclic amines) is 1. The fourth-order valence-electron chi connectivity index (χ4n) is 3.58. The van der Waals surface area contributed by atoms with E-state index in [1.54, 1.807) is 12.3 Å². The molecular weight excluding hydrogens is 376 g/mol. The Morgan fingerprint density at radius 1 is 1.28 bits per heavy atom. The van der Waals surface area contributed by atoms with E-state index in [0.29, 0.717) is 24.1 Å². The summed E-state index contributed by atoms with van der Waals surface area (Å²) in [7, 11) is 0. The topological polar surface area (TPSA) is 74.2 Å². The molecule has 152 valence electrons. The first-order valence-corrected chi connectivity index (χ1v) is 9.59. The zero-order valence-electron chi connectivity index (χ0n) is 16.4. The van der Waals surface area contributed by atoms with Crippen LogP contribution in [-0.2, 0) is 6.54 Å². The minimum atomic E-state index is -2.78. The van der Waals surface area contributed by atoms with Crippen molar-refractivity contribution in [2.45, 2.75) is 39.3 Å². The molecule has 1 fully saturated rings. The number of benzene rings is 1. The van der Waals surface area contributed by atoms with Crippen LogP contribution in [0.4, 0.5) is 20.3 Å². The molecule has 1 saturated heterocycles. The van der Waals surface area contributed by atoms with E-state index < -0.39 is 12.2 Å². The van der Waals surface area contributed by atoms with Crippen LogP contribution in [0.3, 0.4) is 0 Å². The molecule has 8 heteroatoms. The van der Waals surface area contributed by atoms with Crippen molar-refractivity contribution >= 4 is 22.5 Å². The summed E-state index contributed by atoms with van der Waals surface area (Å²) in [6, 6.07) is 7.54. The Labute approximate surface area is 167 Å². The highest BCUT2D eigenvalue weighted by molar-refractivity contribution is 5.87. The van der Waals surface area contributed by atoms with Crippen LogP contribution < -0.4 is 5.32 Å². The number of alkyl halides is 2. The molecule has 2 N–H and O–H groups in total. The van der Waals surface area contributed by atoms with Crippen LogP contribution in [0.2, 0.25) is 0 Å². The number of aliphatic hydroxyl groups excluding tert-OH is 1. The first-order chi connectivity index (χ1) is 13.9. The normalized spacial score (nSPS) is 17.4. The number of aromatic nitrogens is 3. The number of nitrogens with zero attached hydrogens (tertiary/aromatic N) is 4. The van der Waals surface area contributed by atoms with E-state index in [1.165, 1.54) is 0 Å². The van der Waals surface area contributed by atoms with Gasteiger partial charge in [-0.2, -0.15) is 0 Å². The van der Waals surface area contributed by atoms with Gasteiger partial charge in [-0.3, -0.25) is 9.88 Å².